The highest BCUT2D eigenvalue weighted by atomic mass is 16.8. The molecule has 10 nitrogen and oxygen atoms in total. The van der Waals surface area contributed by atoms with Crippen molar-refractivity contribution < 1.29 is 48.2 Å². The number of hydrogen-bond donors (Lipinski definition) is 2. The summed E-state index contributed by atoms with van der Waals surface area (Å²) < 4.78 is 30.6. The highest BCUT2D eigenvalue weighted by Crippen LogP contribution is 2.35. The lowest BCUT2D eigenvalue weighted by molar-refractivity contribution is -0.242. The zero-order chi connectivity index (χ0) is 22.1. The van der Waals surface area contributed by atoms with Gasteiger partial charge in [-0.1, -0.05) is 13.8 Å². The molecule has 6 atom stereocenters. The average Bonchev–Trinajstić information content (AvgIpc) is 2.61. The molecule has 0 aliphatic heterocycles. The normalized spacial score (nSPS) is 29.6. The molecule has 2 N–H and O–H groups in total. The van der Waals surface area contributed by atoms with Gasteiger partial charge in [-0.3, -0.25) is 0 Å². The monoisotopic (exact) mass is 422 g/mol. The molecule has 6 unspecified atom stereocenters. The minimum absolute atomic E-state index is 0.344. The Morgan fingerprint density at radius 1 is 0.828 bits per heavy atom. The molecule has 29 heavy (non-hydrogen) atoms. The van der Waals surface area contributed by atoms with E-state index in [-0.39, 0.29) is 12.2 Å². The van der Waals surface area contributed by atoms with E-state index in [9.17, 15) is 19.8 Å². The Labute approximate surface area is 171 Å². The van der Waals surface area contributed by atoms with Crippen molar-refractivity contribution in [3.05, 3.63) is 0 Å². The van der Waals surface area contributed by atoms with Crippen LogP contribution in [0, 0.1) is 11.8 Å². The summed E-state index contributed by atoms with van der Waals surface area (Å²) in [7, 11) is 0. The van der Waals surface area contributed by atoms with Crippen molar-refractivity contribution in [2.45, 2.75) is 84.6 Å². The van der Waals surface area contributed by atoms with Gasteiger partial charge in [0.15, 0.2) is 13.6 Å². The molecule has 0 heterocycles. The van der Waals surface area contributed by atoms with Gasteiger partial charge < -0.3 is 38.6 Å². The highest BCUT2D eigenvalue weighted by molar-refractivity contribution is 5.60. The van der Waals surface area contributed by atoms with Gasteiger partial charge in [-0.05, 0) is 34.1 Å². The maximum atomic E-state index is 11.5. The molecule has 1 fully saturated rings. The molecule has 170 valence electrons. The van der Waals surface area contributed by atoms with Crippen molar-refractivity contribution in [3.63, 3.8) is 0 Å². The third-order valence-electron chi connectivity index (χ3n) is 4.61. The predicted octanol–water partition coefficient (Wildman–Crippen LogP) is 2.19. The molecule has 1 saturated carbocycles. The van der Waals surface area contributed by atoms with Crippen LogP contribution in [-0.2, 0) is 28.4 Å². The minimum atomic E-state index is -1.09. The first kappa shape index (κ1) is 25.4. The second-order valence-corrected chi connectivity index (χ2v) is 7.53. The predicted molar refractivity (Wildman–Crippen MR) is 99.8 cm³/mol. The molecule has 0 radical (unpaired) electrons. The zero-order valence-corrected chi connectivity index (χ0v) is 17.9. The third-order valence-corrected chi connectivity index (χ3v) is 4.61. The summed E-state index contributed by atoms with van der Waals surface area (Å²) in [6.07, 6.45) is -5.63. The Morgan fingerprint density at radius 2 is 1.28 bits per heavy atom. The molecule has 0 spiro atoms. The van der Waals surface area contributed by atoms with Gasteiger partial charge in [-0.25, -0.2) is 9.59 Å². The van der Waals surface area contributed by atoms with Crippen LogP contribution in [0.2, 0.25) is 0 Å². The second kappa shape index (κ2) is 12.2. The first-order chi connectivity index (χ1) is 13.6. The largest absolute Gasteiger partial charge is 0.510 e. The van der Waals surface area contributed by atoms with Crippen LogP contribution in [0.25, 0.3) is 0 Å². The summed E-state index contributed by atoms with van der Waals surface area (Å²) in [5.41, 5.74) is 0. The molecule has 10 heteroatoms. The van der Waals surface area contributed by atoms with Gasteiger partial charge in [0.05, 0.1) is 30.5 Å². The molecule has 0 aromatic carbocycles. The van der Waals surface area contributed by atoms with E-state index in [1.165, 1.54) is 0 Å². The maximum absolute atomic E-state index is 11.5. The Bertz CT molecular complexity index is 509. The van der Waals surface area contributed by atoms with E-state index >= 15 is 0 Å². The van der Waals surface area contributed by atoms with Gasteiger partial charge >= 0.3 is 12.3 Å². The van der Waals surface area contributed by atoms with Crippen molar-refractivity contribution in [2.75, 3.05) is 13.6 Å². The summed E-state index contributed by atoms with van der Waals surface area (Å²) >= 11 is 0. The van der Waals surface area contributed by atoms with Gasteiger partial charge in [0.1, 0.15) is 6.10 Å². The number of ether oxygens (including phenoxy) is 6. The molecular weight excluding hydrogens is 388 g/mol. The number of aliphatic hydroxyl groups is 2. The van der Waals surface area contributed by atoms with Crippen molar-refractivity contribution in [3.8, 4) is 0 Å². The lowest BCUT2D eigenvalue weighted by atomic mass is 9.73. The maximum Gasteiger partial charge on any atom is 0.510 e. The van der Waals surface area contributed by atoms with E-state index in [0.717, 1.165) is 0 Å². The fourth-order valence-electron chi connectivity index (χ4n) is 3.18. The fourth-order valence-corrected chi connectivity index (χ4v) is 3.18. The molecule has 0 aromatic heterocycles. The topological polar surface area (TPSA) is 130 Å². The Balaban J connectivity index is 2.74. The summed E-state index contributed by atoms with van der Waals surface area (Å²) in [6, 6.07) is 0. The lowest BCUT2D eigenvalue weighted by Gasteiger charge is -2.46. The van der Waals surface area contributed by atoms with Crippen LogP contribution < -0.4 is 0 Å². The number of rotatable bonds is 9. The molecule has 0 bridgehead atoms. The highest BCUT2D eigenvalue weighted by Gasteiger charge is 2.49. The van der Waals surface area contributed by atoms with E-state index in [1.54, 1.807) is 34.6 Å². The first-order valence-corrected chi connectivity index (χ1v) is 9.84. The first-order valence-electron chi connectivity index (χ1n) is 9.84. The van der Waals surface area contributed by atoms with Crippen molar-refractivity contribution >= 4 is 12.3 Å². The van der Waals surface area contributed by atoms with E-state index in [4.69, 9.17) is 28.4 Å². The van der Waals surface area contributed by atoms with Crippen LogP contribution in [0.4, 0.5) is 9.59 Å². The molecule has 0 aromatic rings. The van der Waals surface area contributed by atoms with Crippen molar-refractivity contribution in [1.82, 2.24) is 0 Å². The van der Waals surface area contributed by atoms with Gasteiger partial charge in [-0.2, -0.15) is 0 Å². The summed E-state index contributed by atoms with van der Waals surface area (Å²) in [6.45, 7) is 9.34. The van der Waals surface area contributed by atoms with Gasteiger partial charge in [0.2, 0.25) is 0 Å². The van der Waals surface area contributed by atoms with E-state index in [0.29, 0.717) is 6.42 Å². The van der Waals surface area contributed by atoms with Gasteiger partial charge in [-0.15, -0.1) is 0 Å². The van der Waals surface area contributed by atoms with Crippen molar-refractivity contribution in [1.29, 1.82) is 0 Å². The molecule has 1 aliphatic carbocycles. The fraction of sp³-hybridized carbons (Fsp3) is 0.895. The van der Waals surface area contributed by atoms with Crippen LogP contribution in [0.15, 0.2) is 0 Å². The Hall–Kier alpha value is -1.62. The van der Waals surface area contributed by atoms with Crippen LogP contribution in [-0.4, -0.2) is 72.7 Å². The van der Waals surface area contributed by atoms with E-state index in [1.807, 2.05) is 6.92 Å². The Morgan fingerprint density at radius 3 is 1.69 bits per heavy atom. The van der Waals surface area contributed by atoms with E-state index in [2.05, 4.69) is 0 Å². The minimum Gasteiger partial charge on any atom is -0.432 e. The second-order valence-electron chi connectivity index (χ2n) is 7.53. The number of carbonyl (C=O) groups is 2. The van der Waals surface area contributed by atoms with Gasteiger partial charge in [0, 0.05) is 11.8 Å². The van der Waals surface area contributed by atoms with Crippen molar-refractivity contribution in [2.24, 2.45) is 11.8 Å². The van der Waals surface area contributed by atoms with Crippen LogP contribution in [0.5, 0.6) is 0 Å². The molecule has 0 saturated heterocycles. The number of carbonyl (C=O) groups excluding carboxylic acids is 2. The summed E-state index contributed by atoms with van der Waals surface area (Å²) in [5.74, 6) is -0.898. The number of hydrogen-bond acceptors (Lipinski definition) is 10. The standard InChI is InChI=1S/C19H34O10/c1-7-13-14(20)12(6)15(21)17(25-9-27-19(23)29-11(4)5)16(13)24-8-26-18(22)28-10(2)3/h10-17,20-21H,7-9H2,1-6H3. The van der Waals surface area contributed by atoms with Crippen LogP contribution >= 0.6 is 0 Å². The molecular formula is C19H34O10. The van der Waals surface area contributed by atoms with E-state index < -0.39 is 62.1 Å². The zero-order valence-electron chi connectivity index (χ0n) is 17.9. The summed E-state index contributed by atoms with van der Waals surface area (Å²) in [5, 5.41) is 21.1. The Kier molecular flexibility index (Phi) is 10.7. The number of aliphatic hydroxyl groups excluding tert-OH is 2. The third kappa shape index (κ3) is 7.96. The molecule has 0 amide bonds. The lowest BCUT2D eigenvalue weighted by Crippen LogP contribution is -2.59. The van der Waals surface area contributed by atoms with Crippen LogP contribution in [0.3, 0.4) is 0 Å². The summed E-state index contributed by atoms with van der Waals surface area (Å²) in [4.78, 5) is 23.0. The molecule has 1 rings (SSSR count). The van der Waals surface area contributed by atoms with Gasteiger partial charge in [0.25, 0.3) is 0 Å². The average molecular weight is 422 g/mol. The molecule has 1 aliphatic rings. The quantitative estimate of drug-likeness (QED) is 0.421. The SMILES string of the molecule is CCC1C(O)C(C)C(O)C(OCOC(=O)OC(C)C)C1OCOC(=O)OC(C)C. The van der Waals surface area contributed by atoms with Crippen LogP contribution in [0.1, 0.15) is 48.0 Å². The smallest absolute Gasteiger partial charge is 0.432 e.